The van der Waals surface area contributed by atoms with Crippen LogP contribution in [0, 0.1) is 17.8 Å². The number of nitrogens with one attached hydrogen (secondary N) is 1. The number of rotatable bonds is 7. The molecule has 0 bridgehead atoms. The molecule has 4 aliphatic heterocycles. The zero-order chi connectivity index (χ0) is 23.3. The monoisotopic (exact) mass is 467 g/mol. The Morgan fingerprint density at radius 3 is 2.56 bits per heavy atom. The summed E-state index contributed by atoms with van der Waals surface area (Å²) in [5.74, 6) is 1.77. The van der Waals surface area contributed by atoms with Gasteiger partial charge in [0, 0.05) is 50.7 Å². The lowest BCUT2D eigenvalue weighted by Gasteiger charge is -2.58. The molecule has 5 rings (SSSR count). The minimum atomic E-state index is 0.114. The molecule has 0 aliphatic carbocycles. The van der Waals surface area contributed by atoms with Gasteiger partial charge < -0.3 is 15.0 Å². The van der Waals surface area contributed by atoms with Crippen LogP contribution in [-0.2, 0) is 20.9 Å². The van der Waals surface area contributed by atoms with E-state index in [1.807, 2.05) is 30.3 Å². The van der Waals surface area contributed by atoms with Crippen molar-refractivity contribution in [2.24, 2.45) is 17.8 Å². The molecule has 2 amide bonds. The molecule has 0 unspecified atom stereocenters. The van der Waals surface area contributed by atoms with Crippen LogP contribution >= 0.6 is 0 Å². The first-order valence-corrected chi connectivity index (χ1v) is 13.6. The van der Waals surface area contributed by atoms with E-state index in [0.29, 0.717) is 50.0 Å². The molecule has 34 heavy (non-hydrogen) atoms. The zero-order valence-corrected chi connectivity index (χ0v) is 20.5. The van der Waals surface area contributed by atoms with Crippen molar-refractivity contribution in [1.29, 1.82) is 0 Å². The highest BCUT2D eigenvalue weighted by atomic mass is 16.5. The van der Waals surface area contributed by atoms with E-state index in [-0.39, 0.29) is 17.9 Å². The number of benzene rings is 1. The molecule has 0 radical (unpaired) electrons. The van der Waals surface area contributed by atoms with E-state index in [1.54, 1.807) is 0 Å². The molecule has 4 fully saturated rings. The van der Waals surface area contributed by atoms with Gasteiger partial charge in [0.1, 0.15) is 0 Å². The van der Waals surface area contributed by atoms with E-state index in [0.717, 1.165) is 37.8 Å². The normalized spacial score (nSPS) is 29.9. The van der Waals surface area contributed by atoms with Gasteiger partial charge in [0.15, 0.2) is 0 Å². The number of carbonyl (C=O) groups excluding carboxylic acids is 2. The number of hydrogen-bond donors (Lipinski definition) is 1. The maximum Gasteiger partial charge on any atom is 0.226 e. The molecular weight excluding hydrogens is 426 g/mol. The van der Waals surface area contributed by atoms with Gasteiger partial charge in [-0.25, -0.2) is 0 Å². The lowest BCUT2D eigenvalue weighted by Crippen LogP contribution is -2.66. The number of carbonyl (C=O) groups is 2. The van der Waals surface area contributed by atoms with Crippen molar-refractivity contribution < 1.29 is 14.3 Å². The second-order valence-corrected chi connectivity index (χ2v) is 10.8. The second-order valence-electron chi connectivity index (χ2n) is 10.8. The maximum atomic E-state index is 13.7. The van der Waals surface area contributed by atoms with Crippen LogP contribution in [0.4, 0.5) is 0 Å². The van der Waals surface area contributed by atoms with Crippen LogP contribution in [0.2, 0.25) is 0 Å². The number of likely N-dealkylation sites (tertiary alicyclic amines) is 1. The van der Waals surface area contributed by atoms with Crippen LogP contribution in [0.15, 0.2) is 30.3 Å². The molecule has 0 spiro atoms. The van der Waals surface area contributed by atoms with Crippen molar-refractivity contribution in [2.75, 3.05) is 32.8 Å². The Kier molecular flexibility index (Phi) is 7.85. The molecule has 1 N–H and O–H groups in total. The highest BCUT2D eigenvalue weighted by molar-refractivity contribution is 5.79. The van der Waals surface area contributed by atoms with Crippen molar-refractivity contribution >= 4 is 11.8 Å². The van der Waals surface area contributed by atoms with Gasteiger partial charge in [-0.15, -0.1) is 0 Å². The van der Waals surface area contributed by atoms with Gasteiger partial charge in [0.25, 0.3) is 0 Å². The fourth-order valence-electron chi connectivity index (χ4n) is 7.15. The molecular formula is C28H41N3O3. The molecule has 6 heteroatoms. The Labute approximate surface area is 204 Å². The third-order valence-corrected chi connectivity index (χ3v) is 8.76. The molecule has 186 valence electrons. The van der Waals surface area contributed by atoms with Crippen LogP contribution in [0.3, 0.4) is 0 Å². The molecule has 1 aromatic carbocycles. The predicted molar refractivity (Wildman–Crippen MR) is 132 cm³/mol. The van der Waals surface area contributed by atoms with Gasteiger partial charge in [-0.2, -0.15) is 0 Å². The van der Waals surface area contributed by atoms with Gasteiger partial charge in [-0.05, 0) is 81.9 Å². The molecule has 0 saturated carbocycles. The van der Waals surface area contributed by atoms with Crippen molar-refractivity contribution in [3.63, 3.8) is 0 Å². The van der Waals surface area contributed by atoms with Gasteiger partial charge in [0.2, 0.25) is 11.8 Å². The summed E-state index contributed by atoms with van der Waals surface area (Å²) in [6.45, 7) is 5.36. The highest BCUT2D eigenvalue weighted by Gasteiger charge is 2.50. The van der Waals surface area contributed by atoms with E-state index in [4.69, 9.17) is 4.74 Å². The SMILES string of the molecule is O=C(CCC[C@@H]1[C@H]2CCCN3CCC[C@@H](CN1C(=O)C1CCOCC1)[C@@H]23)NCc1ccccc1. The van der Waals surface area contributed by atoms with Gasteiger partial charge in [-0.1, -0.05) is 30.3 Å². The fraction of sp³-hybridized carbons (Fsp3) is 0.714. The molecule has 0 aromatic heterocycles. The molecule has 4 heterocycles. The Balaban J connectivity index is 1.23. The van der Waals surface area contributed by atoms with Crippen molar-refractivity contribution in [3.05, 3.63) is 35.9 Å². The first-order valence-electron chi connectivity index (χ1n) is 13.6. The largest absolute Gasteiger partial charge is 0.381 e. The minimum absolute atomic E-state index is 0.114. The third kappa shape index (κ3) is 5.33. The van der Waals surface area contributed by atoms with Crippen LogP contribution in [0.25, 0.3) is 0 Å². The van der Waals surface area contributed by atoms with Gasteiger partial charge >= 0.3 is 0 Å². The summed E-state index contributed by atoms with van der Waals surface area (Å²) in [6.07, 6.45) is 9.01. The van der Waals surface area contributed by atoms with E-state index in [9.17, 15) is 9.59 Å². The Morgan fingerprint density at radius 1 is 1.00 bits per heavy atom. The van der Waals surface area contributed by atoms with Gasteiger partial charge in [0.05, 0.1) is 0 Å². The van der Waals surface area contributed by atoms with E-state index >= 15 is 0 Å². The lowest BCUT2D eigenvalue weighted by molar-refractivity contribution is -0.153. The summed E-state index contributed by atoms with van der Waals surface area (Å²) in [7, 11) is 0. The summed E-state index contributed by atoms with van der Waals surface area (Å²) >= 11 is 0. The van der Waals surface area contributed by atoms with Gasteiger partial charge in [-0.3, -0.25) is 14.5 Å². The maximum absolute atomic E-state index is 13.7. The van der Waals surface area contributed by atoms with Crippen LogP contribution in [0.1, 0.15) is 63.4 Å². The number of amides is 2. The van der Waals surface area contributed by atoms with Crippen molar-refractivity contribution in [3.8, 4) is 0 Å². The molecule has 4 atom stereocenters. The topological polar surface area (TPSA) is 61.9 Å². The highest BCUT2D eigenvalue weighted by Crippen LogP contribution is 2.44. The number of nitrogens with zero attached hydrogens (tertiary/aromatic N) is 2. The van der Waals surface area contributed by atoms with E-state index in [2.05, 4.69) is 15.1 Å². The molecule has 6 nitrogen and oxygen atoms in total. The average molecular weight is 468 g/mol. The third-order valence-electron chi connectivity index (χ3n) is 8.76. The van der Waals surface area contributed by atoms with Crippen LogP contribution in [0.5, 0.6) is 0 Å². The lowest BCUT2D eigenvalue weighted by atomic mass is 9.68. The predicted octanol–water partition coefficient (Wildman–Crippen LogP) is 3.60. The number of piperidine rings is 3. The van der Waals surface area contributed by atoms with Crippen molar-refractivity contribution in [2.45, 2.75) is 76.4 Å². The Bertz CT molecular complexity index is 823. The molecule has 4 saturated heterocycles. The average Bonchev–Trinajstić information content (AvgIpc) is 2.89. The smallest absolute Gasteiger partial charge is 0.226 e. The molecule has 1 aromatic rings. The zero-order valence-electron chi connectivity index (χ0n) is 20.5. The Morgan fingerprint density at radius 2 is 1.76 bits per heavy atom. The first-order chi connectivity index (χ1) is 16.7. The second kappa shape index (κ2) is 11.2. The van der Waals surface area contributed by atoms with Crippen LogP contribution in [-0.4, -0.2) is 66.5 Å². The number of hydrogen-bond acceptors (Lipinski definition) is 4. The van der Waals surface area contributed by atoms with Crippen molar-refractivity contribution in [1.82, 2.24) is 15.1 Å². The summed E-state index contributed by atoms with van der Waals surface area (Å²) in [5.41, 5.74) is 1.13. The first kappa shape index (κ1) is 23.8. The summed E-state index contributed by atoms with van der Waals surface area (Å²) < 4.78 is 5.54. The van der Waals surface area contributed by atoms with E-state index < -0.39 is 0 Å². The number of ether oxygens (including phenoxy) is 1. The quantitative estimate of drug-likeness (QED) is 0.666. The molecule has 4 aliphatic rings. The minimum Gasteiger partial charge on any atom is -0.381 e. The summed E-state index contributed by atoms with van der Waals surface area (Å²) in [5, 5.41) is 3.07. The summed E-state index contributed by atoms with van der Waals surface area (Å²) in [6, 6.07) is 11.0. The summed E-state index contributed by atoms with van der Waals surface area (Å²) in [4.78, 5) is 31.3. The standard InChI is InChI=1S/C28H41N3O3/c32-26(29-19-21-7-2-1-3-8-21)12-4-11-25-24-10-6-16-30-15-5-9-23(27(24)30)20-31(25)28(33)22-13-17-34-18-14-22/h1-3,7-8,22-25,27H,4-6,9-20H2,(H,29,32)/t23-,24+,25+,27-/m0/s1. The van der Waals surface area contributed by atoms with Crippen LogP contribution < -0.4 is 5.32 Å². The Hall–Kier alpha value is -1.92. The van der Waals surface area contributed by atoms with E-state index in [1.165, 1.54) is 38.8 Å². The fourth-order valence-corrected chi connectivity index (χ4v) is 7.15.